The number of nitrogens with zero attached hydrogens (tertiary/aromatic N) is 2. The maximum Gasteiger partial charge on any atom is 0.229 e. The Balaban J connectivity index is 1.80. The molecule has 0 aromatic heterocycles. The molecule has 0 saturated carbocycles. The minimum Gasteiger partial charge on any atom is -0.326 e. The topological polar surface area (TPSA) is 100.0 Å². The van der Waals surface area contributed by atoms with Gasteiger partial charge in [0.2, 0.25) is 15.9 Å². The molecular formula is C15H18N4O3S. The summed E-state index contributed by atoms with van der Waals surface area (Å²) in [5.74, 6) is 2.40. The van der Waals surface area contributed by atoms with Crippen molar-refractivity contribution in [1.82, 2.24) is 0 Å². The van der Waals surface area contributed by atoms with E-state index < -0.39 is 15.7 Å². The number of amides is 1. The lowest BCUT2D eigenvalue weighted by Crippen LogP contribution is -2.17. The average molecular weight is 334 g/mol. The summed E-state index contributed by atoms with van der Waals surface area (Å²) in [6.45, 7) is 0. The van der Waals surface area contributed by atoms with Crippen LogP contribution in [0.4, 0.5) is 11.4 Å². The molecule has 0 bridgehead atoms. The van der Waals surface area contributed by atoms with Crippen LogP contribution in [0, 0.1) is 12.3 Å². The lowest BCUT2D eigenvalue weighted by Gasteiger charge is -2.10. The first kappa shape index (κ1) is 17.0. The van der Waals surface area contributed by atoms with E-state index in [9.17, 15) is 13.2 Å². The van der Waals surface area contributed by atoms with Crippen molar-refractivity contribution >= 4 is 27.3 Å². The normalized spacial score (nSPS) is 14.8. The Morgan fingerprint density at radius 2 is 1.83 bits per heavy atom. The fourth-order valence-corrected chi connectivity index (χ4v) is 2.61. The third kappa shape index (κ3) is 5.71. The summed E-state index contributed by atoms with van der Waals surface area (Å²) >= 11 is 0. The molecule has 1 aliphatic rings. The van der Waals surface area contributed by atoms with Gasteiger partial charge in [-0.2, -0.15) is 10.2 Å². The van der Waals surface area contributed by atoms with Gasteiger partial charge >= 0.3 is 0 Å². The summed E-state index contributed by atoms with van der Waals surface area (Å²) in [5.41, 5.74) is 0.568. The Kier molecular flexibility index (Phi) is 5.01. The summed E-state index contributed by atoms with van der Waals surface area (Å²) in [6.07, 6.45) is 8.38. The van der Waals surface area contributed by atoms with Gasteiger partial charge in [-0.25, -0.2) is 8.42 Å². The molecule has 0 spiro atoms. The molecular weight excluding hydrogens is 316 g/mol. The number of terminal acetylenes is 1. The summed E-state index contributed by atoms with van der Waals surface area (Å²) in [5, 5.41) is 10.7. The van der Waals surface area contributed by atoms with Crippen LogP contribution >= 0.6 is 0 Å². The van der Waals surface area contributed by atoms with Crippen LogP contribution in [0.2, 0.25) is 0 Å². The minimum atomic E-state index is -3.31. The van der Waals surface area contributed by atoms with E-state index in [2.05, 4.69) is 26.2 Å². The standard InChI is InChI=1S/C15H18N4O3S/c1-3-4-10-15(18-19-15)11-9-14(20)16-12-5-7-13(8-6-12)17-23(2,21)22/h1,5-8,17H,4,9-11H2,2H3,(H,16,20). The van der Waals surface area contributed by atoms with Crippen LogP contribution in [-0.4, -0.2) is 26.2 Å². The van der Waals surface area contributed by atoms with Crippen LogP contribution in [0.3, 0.4) is 0 Å². The molecule has 23 heavy (non-hydrogen) atoms. The maximum atomic E-state index is 11.9. The predicted molar refractivity (Wildman–Crippen MR) is 88.4 cm³/mol. The van der Waals surface area contributed by atoms with Gasteiger partial charge in [0.1, 0.15) is 0 Å². The lowest BCUT2D eigenvalue weighted by atomic mass is 10.0. The van der Waals surface area contributed by atoms with E-state index in [4.69, 9.17) is 6.42 Å². The van der Waals surface area contributed by atoms with Crippen molar-refractivity contribution in [3.8, 4) is 12.3 Å². The Labute approximate surface area is 135 Å². The molecule has 0 saturated heterocycles. The molecule has 122 valence electrons. The summed E-state index contributed by atoms with van der Waals surface area (Å²) in [6, 6.07) is 6.42. The quantitative estimate of drug-likeness (QED) is 0.714. The number of hydrogen-bond donors (Lipinski definition) is 2. The molecule has 0 atom stereocenters. The summed E-state index contributed by atoms with van der Waals surface area (Å²) < 4.78 is 24.6. The second-order valence-electron chi connectivity index (χ2n) is 5.39. The van der Waals surface area contributed by atoms with Crippen molar-refractivity contribution in [3.63, 3.8) is 0 Å². The second-order valence-corrected chi connectivity index (χ2v) is 7.13. The molecule has 1 aliphatic heterocycles. The van der Waals surface area contributed by atoms with Crippen LogP contribution in [0.5, 0.6) is 0 Å². The number of rotatable bonds is 8. The highest BCUT2D eigenvalue weighted by Gasteiger charge is 2.39. The lowest BCUT2D eigenvalue weighted by molar-refractivity contribution is -0.116. The third-order valence-electron chi connectivity index (χ3n) is 3.28. The van der Waals surface area contributed by atoms with E-state index in [1.54, 1.807) is 24.3 Å². The number of nitrogens with one attached hydrogen (secondary N) is 2. The van der Waals surface area contributed by atoms with Crippen LogP contribution < -0.4 is 10.0 Å². The Morgan fingerprint density at radius 3 is 2.35 bits per heavy atom. The molecule has 0 radical (unpaired) electrons. The van der Waals surface area contributed by atoms with Gasteiger partial charge in [-0.3, -0.25) is 9.52 Å². The molecule has 7 nitrogen and oxygen atoms in total. The van der Waals surface area contributed by atoms with E-state index in [1.807, 2.05) is 0 Å². The summed E-state index contributed by atoms with van der Waals surface area (Å²) in [4.78, 5) is 11.9. The summed E-state index contributed by atoms with van der Waals surface area (Å²) in [7, 11) is -3.31. The molecule has 0 unspecified atom stereocenters. The van der Waals surface area contributed by atoms with E-state index >= 15 is 0 Å². The zero-order valence-corrected chi connectivity index (χ0v) is 13.6. The first-order chi connectivity index (χ1) is 10.8. The Hall–Kier alpha value is -2.40. The van der Waals surface area contributed by atoms with Crippen molar-refractivity contribution in [1.29, 1.82) is 0 Å². The van der Waals surface area contributed by atoms with Crippen molar-refractivity contribution in [2.45, 2.75) is 31.3 Å². The fourth-order valence-electron chi connectivity index (χ4n) is 2.04. The minimum absolute atomic E-state index is 0.147. The van der Waals surface area contributed by atoms with E-state index in [0.717, 1.165) is 6.26 Å². The molecule has 1 aromatic rings. The van der Waals surface area contributed by atoms with Gasteiger partial charge < -0.3 is 5.32 Å². The molecule has 0 aliphatic carbocycles. The second kappa shape index (κ2) is 6.79. The number of benzene rings is 1. The molecule has 1 heterocycles. The average Bonchev–Trinajstić information content (AvgIpc) is 3.24. The molecule has 8 heteroatoms. The number of anilines is 2. The van der Waals surface area contributed by atoms with Crippen molar-refractivity contribution in [2.75, 3.05) is 16.3 Å². The fraction of sp³-hybridized carbons (Fsp3) is 0.400. The smallest absolute Gasteiger partial charge is 0.229 e. The molecule has 1 aromatic carbocycles. The van der Waals surface area contributed by atoms with Crippen molar-refractivity contribution in [3.05, 3.63) is 24.3 Å². The molecule has 2 rings (SSSR count). The van der Waals surface area contributed by atoms with Gasteiger partial charge in [0.25, 0.3) is 0 Å². The molecule has 2 N–H and O–H groups in total. The highest BCUT2D eigenvalue weighted by Crippen LogP contribution is 2.37. The highest BCUT2D eigenvalue weighted by atomic mass is 32.2. The van der Waals surface area contributed by atoms with Gasteiger partial charge in [-0.05, 0) is 24.3 Å². The van der Waals surface area contributed by atoms with Gasteiger partial charge in [0, 0.05) is 37.1 Å². The maximum absolute atomic E-state index is 11.9. The Morgan fingerprint density at radius 1 is 1.22 bits per heavy atom. The largest absolute Gasteiger partial charge is 0.326 e. The van der Waals surface area contributed by atoms with Gasteiger partial charge in [-0.15, -0.1) is 12.3 Å². The number of hydrogen-bond acceptors (Lipinski definition) is 5. The highest BCUT2D eigenvalue weighted by molar-refractivity contribution is 7.92. The van der Waals surface area contributed by atoms with Crippen LogP contribution in [0.25, 0.3) is 0 Å². The van der Waals surface area contributed by atoms with Gasteiger partial charge in [0.15, 0.2) is 5.66 Å². The van der Waals surface area contributed by atoms with Gasteiger partial charge in [0.05, 0.1) is 6.26 Å². The number of carbonyl (C=O) groups is 1. The first-order valence-corrected chi connectivity index (χ1v) is 8.96. The van der Waals surface area contributed by atoms with E-state index in [1.165, 1.54) is 0 Å². The first-order valence-electron chi connectivity index (χ1n) is 7.07. The third-order valence-corrected chi connectivity index (χ3v) is 3.88. The number of sulfonamides is 1. The van der Waals surface area contributed by atoms with Gasteiger partial charge in [-0.1, -0.05) is 0 Å². The van der Waals surface area contributed by atoms with Crippen LogP contribution in [-0.2, 0) is 14.8 Å². The number of carbonyl (C=O) groups excluding carboxylic acids is 1. The van der Waals surface area contributed by atoms with Crippen molar-refractivity contribution in [2.24, 2.45) is 10.2 Å². The van der Waals surface area contributed by atoms with Crippen LogP contribution in [0.1, 0.15) is 25.7 Å². The van der Waals surface area contributed by atoms with E-state index in [-0.39, 0.29) is 5.91 Å². The monoisotopic (exact) mass is 334 g/mol. The molecule has 0 fully saturated rings. The predicted octanol–water partition coefficient (Wildman–Crippen LogP) is 2.35. The zero-order valence-electron chi connectivity index (χ0n) is 12.7. The molecule has 1 amide bonds. The van der Waals surface area contributed by atoms with Crippen LogP contribution in [0.15, 0.2) is 34.5 Å². The van der Waals surface area contributed by atoms with Crippen molar-refractivity contribution < 1.29 is 13.2 Å². The SMILES string of the molecule is C#CCCC1(CCC(=O)Nc2ccc(NS(C)(=O)=O)cc2)N=N1. The Bertz CT molecular complexity index is 742. The zero-order chi connectivity index (χ0) is 16.9. The van der Waals surface area contributed by atoms with E-state index in [0.29, 0.717) is 37.1 Å².